The molecule has 1 aromatic rings. The number of hydrogen-bond donors (Lipinski definition) is 1. The molecule has 0 atom stereocenters. The highest BCUT2D eigenvalue weighted by molar-refractivity contribution is 7.80. The van der Waals surface area contributed by atoms with E-state index in [1.165, 1.54) is 12.8 Å². The fraction of sp³-hybridized carbons (Fsp3) is 0.467. The summed E-state index contributed by atoms with van der Waals surface area (Å²) < 4.78 is 5.59. The fourth-order valence-electron chi connectivity index (χ4n) is 2.41. The highest BCUT2D eigenvalue weighted by Crippen LogP contribution is 2.26. The number of carbonyl (C=O) groups is 1. The lowest BCUT2D eigenvalue weighted by Gasteiger charge is -2.21. The first-order chi connectivity index (χ1) is 10.1. The van der Waals surface area contributed by atoms with Crippen LogP contribution in [0.15, 0.2) is 18.2 Å². The first kappa shape index (κ1) is 16.0. The van der Waals surface area contributed by atoms with Crippen LogP contribution in [0.1, 0.15) is 31.2 Å². The van der Waals surface area contributed by atoms with E-state index in [1.807, 2.05) is 4.90 Å². The van der Waals surface area contributed by atoms with Crippen molar-refractivity contribution in [2.24, 2.45) is 5.73 Å². The van der Waals surface area contributed by atoms with Crippen molar-refractivity contribution in [3.63, 3.8) is 0 Å². The highest BCUT2D eigenvalue weighted by Gasteiger charge is 2.17. The average molecular weight is 327 g/mol. The molecule has 0 aromatic heterocycles. The third-order valence-electron chi connectivity index (χ3n) is 3.53. The number of rotatable bonds is 4. The summed E-state index contributed by atoms with van der Waals surface area (Å²) >= 11 is 11.0. The molecule has 0 spiro atoms. The normalized spacial score (nSPS) is 15.4. The predicted molar refractivity (Wildman–Crippen MR) is 87.9 cm³/mol. The third-order valence-corrected chi connectivity index (χ3v) is 4.05. The van der Waals surface area contributed by atoms with Crippen molar-refractivity contribution in [3.8, 4) is 5.75 Å². The first-order valence-electron chi connectivity index (χ1n) is 7.08. The molecule has 0 radical (unpaired) electrons. The fourth-order valence-corrected chi connectivity index (χ4v) is 2.95. The van der Waals surface area contributed by atoms with Crippen LogP contribution >= 0.6 is 23.8 Å². The smallest absolute Gasteiger partial charge is 0.260 e. The molecule has 0 aliphatic carbocycles. The van der Waals surface area contributed by atoms with Gasteiger partial charge in [-0.15, -0.1) is 0 Å². The number of amides is 1. The SMILES string of the molecule is NC(=S)c1c(Cl)cccc1OCC(=O)N1CCCCCC1. The maximum absolute atomic E-state index is 12.2. The number of carbonyl (C=O) groups excluding carboxylic acids is 1. The molecule has 4 nitrogen and oxygen atoms in total. The molecule has 114 valence electrons. The molecule has 1 fully saturated rings. The van der Waals surface area contributed by atoms with Crippen molar-refractivity contribution in [1.82, 2.24) is 4.90 Å². The summed E-state index contributed by atoms with van der Waals surface area (Å²) in [7, 11) is 0. The summed E-state index contributed by atoms with van der Waals surface area (Å²) in [4.78, 5) is 14.2. The van der Waals surface area contributed by atoms with Crippen LogP contribution in [0.25, 0.3) is 0 Å². The van der Waals surface area contributed by atoms with E-state index in [-0.39, 0.29) is 17.5 Å². The summed E-state index contributed by atoms with van der Waals surface area (Å²) in [6.45, 7) is 1.59. The van der Waals surface area contributed by atoms with E-state index in [2.05, 4.69) is 0 Å². The third kappa shape index (κ3) is 4.32. The van der Waals surface area contributed by atoms with Gasteiger partial charge in [0.15, 0.2) is 6.61 Å². The first-order valence-corrected chi connectivity index (χ1v) is 7.87. The lowest BCUT2D eigenvalue weighted by atomic mass is 10.2. The Hall–Kier alpha value is -1.33. The molecule has 0 saturated carbocycles. The van der Waals surface area contributed by atoms with Crippen molar-refractivity contribution >= 4 is 34.7 Å². The molecule has 2 rings (SSSR count). The summed E-state index contributed by atoms with van der Waals surface area (Å²) in [5.74, 6) is 0.448. The molecule has 1 saturated heterocycles. The summed E-state index contributed by atoms with van der Waals surface area (Å²) in [5, 5.41) is 0.433. The van der Waals surface area contributed by atoms with Crippen LogP contribution in [0.5, 0.6) is 5.75 Å². The monoisotopic (exact) mass is 326 g/mol. The van der Waals surface area contributed by atoms with E-state index >= 15 is 0 Å². The van der Waals surface area contributed by atoms with Gasteiger partial charge in [-0.25, -0.2) is 0 Å². The lowest BCUT2D eigenvalue weighted by molar-refractivity contribution is -0.133. The number of thiocarbonyl (C=S) groups is 1. The Morgan fingerprint density at radius 2 is 1.95 bits per heavy atom. The van der Waals surface area contributed by atoms with Gasteiger partial charge in [0.25, 0.3) is 5.91 Å². The van der Waals surface area contributed by atoms with Crippen LogP contribution < -0.4 is 10.5 Å². The average Bonchev–Trinajstić information content (AvgIpc) is 2.73. The second kappa shape index (κ2) is 7.61. The second-order valence-electron chi connectivity index (χ2n) is 5.06. The number of benzene rings is 1. The van der Waals surface area contributed by atoms with Gasteiger partial charge in [0.05, 0.1) is 10.6 Å². The van der Waals surface area contributed by atoms with Crippen LogP contribution in [0.2, 0.25) is 5.02 Å². The summed E-state index contributed by atoms with van der Waals surface area (Å²) in [5.41, 5.74) is 6.14. The molecule has 0 bridgehead atoms. The van der Waals surface area contributed by atoms with E-state index in [0.717, 1.165) is 25.9 Å². The van der Waals surface area contributed by atoms with Gasteiger partial charge in [-0.1, -0.05) is 42.7 Å². The lowest BCUT2D eigenvalue weighted by Crippen LogP contribution is -2.35. The van der Waals surface area contributed by atoms with Crippen LogP contribution in [-0.2, 0) is 4.79 Å². The topological polar surface area (TPSA) is 55.6 Å². The zero-order chi connectivity index (χ0) is 15.2. The predicted octanol–water partition coefficient (Wildman–Crippen LogP) is 2.76. The minimum absolute atomic E-state index is 0.00855. The van der Waals surface area contributed by atoms with Crippen molar-refractivity contribution in [2.45, 2.75) is 25.7 Å². The van der Waals surface area contributed by atoms with E-state index in [9.17, 15) is 4.79 Å². The maximum Gasteiger partial charge on any atom is 0.260 e. The van der Waals surface area contributed by atoms with Gasteiger partial charge in [0.2, 0.25) is 0 Å². The molecule has 1 heterocycles. The van der Waals surface area contributed by atoms with Crippen molar-refractivity contribution < 1.29 is 9.53 Å². The molecule has 1 amide bonds. The molecule has 1 aliphatic heterocycles. The Labute approximate surface area is 135 Å². The van der Waals surface area contributed by atoms with Gasteiger partial charge in [-0.3, -0.25) is 4.79 Å². The molecule has 0 unspecified atom stereocenters. The number of hydrogen-bond acceptors (Lipinski definition) is 3. The van der Waals surface area contributed by atoms with Gasteiger partial charge in [0, 0.05) is 13.1 Å². The van der Waals surface area contributed by atoms with Gasteiger partial charge >= 0.3 is 0 Å². The Kier molecular flexibility index (Phi) is 5.82. The van der Waals surface area contributed by atoms with Gasteiger partial charge in [0.1, 0.15) is 10.7 Å². The summed E-state index contributed by atoms with van der Waals surface area (Å²) in [6, 6.07) is 5.16. The molecular weight excluding hydrogens is 308 g/mol. The number of halogens is 1. The van der Waals surface area contributed by atoms with E-state index in [1.54, 1.807) is 18.2 Å². The van der Waals surface area contributed by atoms with Crippen LogP contribution in [-0.4, -0.2) is 35.5 Å². The standard InChI is InChI=1S/C15H19ClN2O2S/c16-11-6-5-7-12(14(11)15(17)21)20-10-13(19)18-8-3-1-2-4-9-18/h5-7H,1-4,8-10H2,(H2,17,21). The van der Waals surface area contributed by atoms with Gasteiger partial charge in [-0.2, -0.15) is 0 Å². The van der Waals surface area contributed by atoms with E-state index in [4.69, 9.17) is 34.3 Å². The molecule has 2 N–H and O–H groups in total. The van der Waals surface area contributed by atoms with Crippen LogP contribution in [0.3, 0.4) is 0 Å². The largest absolute Gasteiger partial charge is 0.483 e. The number of ether oxygens (including phenoxy) is 1. The van der Waals surface area contributed by atoms with Gasteiger partial charge in [-0.05, 0) is 25.0 Å². The highest BCUT2D eigenvalue weighted by atomic mass is 35.5. The van der Waals surface area contributed by atoms with Crippen molar-refractivity contribution in [2.75, 3.05) is 19.7 Å². The molecule has 6 heteroatoms. The minimum atomic E-state index is -0.0179. The maximum atomic E-state index is 12.2. The number of likely N-dealkylation sites (tertiary alicyclic amines) is 1. The van der Waals surface area contributed by atoms with Crippen molar-refractivity contribution in [3.05, 3.63) is 28.8 Å². The van der Waals surface area contributed by atoms with E-state index in [0.29, 0.717) is 16.3 Å². The Bertz CT molecular complexity index is 528. The Balaban J connectivity index is 2.01. The van der Waals surface area contributed by atoms with Crippen molar-refractivity contribution in [1.29, 1.82) is 0 Å². The quantitative estimate of drug-likeness (QED) is 0.864. The molecular formula is C15H19ClN2O2S. The molecule has 1 aliphatic rings. The zero-order valence-corrected chi connectivity index (χ0v) is 13.4. The van der Waals surface area contributed by atoms with Crippen LogP contribution in [0.4, 0.5) is 0 Å². The Morgan fingerprint density at radius 1 is 1.29 bits per heavy atom. The molecule has 1 aromatic carbocycles. The zero-order valence-electron chi connectivity index (χ0n) is 11.8. The minimum Gasteiger partial charge on any atom is -0.483 e. The second-order valence-corrected chi connectivity index (χ2v) is 5.91. The number of nitrogens with two attached hydrogens (primary N) is 1. The number of nitrogens with zero attached hydrogens (tertiary/aromatic N) is 1. The summed E-state index contributed by atoms with van der Waals surface area (Å²) in [6.07, 6.45) is 4.48. The van der Waals surface area contributed by atoms with E-state index < -0.39 is 0 Å². The Morgan fingerprint density at radius 3 is 2.57 bits per heavy atom. The van der Waals surface area contributed by atoms with Crippen LogP contribution in [0, 0.1) is 0 Å². The molecule has 21 heavy (non-hydrogen) atoms. The van der Waals surface area contributed by atoms with Gasteiger partial charge < -0.3 is 15.4 Å².